The van der Waals surface area contributed by atoms with Crippen LogP contribution in [0.2, 0.25) is 0 Å². The normalized spacial score (nSPS) is 20.9. The van der Waals surface area contributed by atoms with E-state index in [4.69, 9.17) is 0 Å². The fourth-order valence-electron chi connectivity index (χ4n) is 2.18. The summed E-state index contributed by atoms with van der Waals surface area (Å²) in [5, 5.41) is 0. The van der Waals surface area contributed by atoms with Crippen LogP contribution in [0.1, 0.15) is 30.1 Å². The van der Waals surface area contributed by atoms with Crippen molar-refractivity contribution in [1.29, 1.82) is 0 Å². The molecule has 16 heavy (non-hydrogen) atoms. The molecular formula is C13H16INO. The van der Waals surface area contributed by atoms with E-state index in [9.17, 15) is 4.79 Å². The zero-order valence-corrected chi connectivity index (χ0v) is 11.6. The Labute approximate surface area is 110 Å². The summed E-state index contributed by atoms with van der Waals surface area (Å²) < 4.78 is 1.12. The van der Waals surface area contributed by atoms with E-state index in [1.807, 2.05) is 29.2 Å². The lowest BCUT2D eigenvalue weighted by atomic mass is 9.99. The molecule has 1 heterocycles. The number of rotatable bonds is 1. The van der Waals surface area contributed by atoms with Gasteiger partial charge in [0.15, 0.2) is 0 Å². The Morgan fingerprint density at radius 3 is 3.00 bits per heavy atom. The molecule has 1 aliphatic heterocycles. The summed E-state index contributed by atoms with van der Waals surface area (Å²) >= 11 is 2.24. The van der Waals surface area contributed by atoms with Crippen molar-refractivity contribution in [2.24, 2.45) is 5.92 Å². The minimum atomic E-state index is 0.185. The van der Waals surface area contributed by atoms with Gasteiger partial charge < -0.3 is 4.90 Å². The van der Waals surface area contributed by atoms with Crippen molar-refractivity contribution in [3.63, 3.8) is 0 Å². The molecule has 1 fully saturated rings. The Hall–Kier alpha value is -0.580. The number of amides is 1. The van der Waals surface area contributed by atoms with Crippen molar-refractivity contribution in [3.8, 4) is 0 Å². The standard InChI is InChI=1S/C13H16INO/c1-10-4-3-7-15(9-10)13(16)11-5-2-6-12(14)8-11/h2,5-6,8,10H,3-4,7,9H2,1H3/t10-/m1/s1. The van der Waals surface area contributed by atoms with E-state index < -0.39 is 0 Å². The summed E-state index contributed by atoms with van der Waals surface area (Å²) in [6.45, 7) is 4.03. The fraction of sp³-hybridized carbons (Fsp3) is 0.462. The molecule has 1 amide bonds. The van der Waals surface area contributed by atoms with Crippen LogP contribution in [0, 0.1) is 9.49 Å². The highest BCUT2D eigenvalue weighted by molar-refractivity contribution is 14.1. The Bertz CT molecular complexity index is 391. The molecule has 0 unspecified atom stereocenters. The first-order valence-corrected chi connectivity index (χ1v) is 6.79. The van der Waals surface area contributed by atoms with Crippen LogP contribution < -0.4 is 0 Å². The maximum atomic E-state index is 12.2. The summed E-state index contributed by atoms with van der Waals surface area (Å²) in [5.41, 5.74) is 0.820. The number of hydrogen-bond acceptors (Lipinski definition) is 1. The van der Waals surface area contributed by atoms with Crippen molar-refractivity contribution >= 4 is 28.5 Å². The SMILES string of the molecule is C[C@@H]1CCCN(C(=O)c2cccc(I)c2)C1. The maximum Gasteiger partial charge on any atom is 0.253 e. The van der Waals surface area contributed by atoms with Crippen molar-refractivity contribution in [2.45, 2.75) is 19.8 Å². The topological polar surface area (TPSA) is 20.3 Å². The molecule has 1 aromatic rings. The quantitative estimate of drug-likeness (QED) is 0.725. The minimum Gasteiger partial charge on any atom is -0.338 e. The van der Waals surface area contributed by atoms with Crippen LogP contribution in [-0.4, -0.2) is 23.9 Å². The molecule has 2 rings (SSSR count). The van der Waals surface area contributed by atoms with E-state index >= 15 is 0 Å². The molecule has 1 aromatic carbocycles. The van der Waals surface area contributed by atoms with E-state index in [0.29, 0.717) is 5.92 Å². The lowest BCUT2D eigenvalue weighted by molar-refractivity contribution is 0.0683. The molecule has 3 heteroatoms. The van der Waals surface area contributed by atoms with Gasteiger partial charge in [-0.05, 0) is 59.5 Å². The molecule has 0 spiro atoms. The fourth-order valence-corrected chi connectivity index (χ4v) is 2.72. The van der Waals surface area contributed by atoms with E-state index in [0.717, 1.165) is 28.6 Å². The summed E-state index contributed by atoms with van der Waals surface area (Å²) in [4.78, 5) is 14.2. The lowest BCUT2D eigenvalue weighted by Crippen LogP contribution is -2.39. The number of benzene rings is 1. The van der Waals surface area contributed by atoms with Crippen molar-refractivity contribution in [1.82, 2.24) is 4.90 Å². The number of hydrogen-bond donors (Lipinski definition) is 0. The van der Waals surface area contributed by atoms with Gasteiger partial charge >= 0.3 is 0 Å². The second-order valence-electron chi connectivity index (χ2n) is 4.51. The van der Waals surface area contributed by atoms with Crippen molar-refractivity contribution in [3.05, 3.63) is 33.4 Å². The highest BCUT2D eigenvalue weighted by Gasteiger charge is 2.21. The molecule has 1 aliphatic rings. The smallest absolute Gasteiger partial charge is 0.253 e. The Morgan fingerprint density at radius 2 is 2.31 bits per heavy atom. The molecule has 1 atom stereocenters. The van der Waals surface area contributed by atoms with Crippen LogP contribution >= 0.6 is 22.6 Å². The predicted octanol–water partition coefficient (Wildman–Crippen LogP) is 3.16. The van der Waals surface area contributed by atoms with E-state index in [1.165, 1.54) is 6.42 Å². The molecule has 0 N–H and O–H groups in total. The monoisotopic (exact) mass is 329 g/mol. The van der Waals surface area contributed by atoms with Crippen LogP contribution in [0.25, 0.3) is 0 Å². The third-order valence-corrected chi connectivity index (χ3v) is 3.69. The summed E-state index contributed by atoms with van der Waals surface area (Å²) in [7, 11) is 0. The van der Waals surface area contributed by atoms with Gasteiger partial charge in [-0.25, -0.2) is 0 Å². The number of halogens is 1. The molecule has 1 saturated heterocycles. The Morgan fingerprint density at radius 1 is 1.50 bits per heavy atom. The third-order valence-electron chi connectivity index (χ3n) is 3.02. The predicted molar refractivity (Wildman–Crippen MR) is 73.5 cm³/mol. The summed E-state index contributed by atoms with van der Waals surface area (Å²) in [5.74, 6) is 0.825. The molecular weight excluding hydrogens is 313 g/mol. The molecule has 86 valence electrons. The molecule has 0 saturated carbocycles. The zero-order valence-electron chi connectivity index (χ0n) is 9.45. The number of piperidine rings is 1. The van der Waals surface area contributed by atoms with Crippen LogP contribution in [0.3, 0.4) is 0 Å². The van der Waals surface area contributed by atoms with Crippen LogP contribution in [0.4, 0.5) is 0 Å². The lowest BCUT2D eigenvalue weighted by Gasteiger charge is -2.31. The van der Waals surface area contributed by atoms with E-state index in [1.54, 1.807) is 0 Å². The van der Waals surface area contributed by atoms with Gasteiger partial charge in [0.05, 0.1) is 0 Å². The highest BCUT2D eigenvalue weighted by atomic mass is 127. The minimum absolute atomic E-state index is 0.185. The van der Waals surface area contributed by atoms with Gasteiger partial charge in [0.1, 0.15) is 0 Å². The number of nitrogens with zero attached hydrogens (tertiary/aromatic N) is 1. The van der Waals surface area contributed by atoms with E-state index in [-0.39, 0.29) is 5.91 Å². The summed E-state index contributed by atoms with van der Waals surface area (Å²) in [6.07, 6.45) is 2.38. The molecule has 0 radical (unpaired) electrons. The average Bonchev–Trinajstić information content (AvgIpc) is 2.28. The van der Waals surface area contributed by atoms with Gasteiger partial charge in [-0.1, -0.05) is 13.0 Å². The third kappa shape index (κ3) is 2.75. The first kappa shape index (κ1) is 11.9. The van der Waals surface area contributed by atoms with Crippen molar-refractivity contribution < 1.29 is 4.79 Å². The highest BCUT2D eigenvalue weighted by Crippen LogP contribution is 2.18. The van der Waals surface area contributed by atoms with Gasteiger partial charge in [0.25, 0.3) is 5.91 Å². The Kier molecular flexibility index (Phi) is 3.84. The summed E-state index contributed by atoms with van der Waals surface area (Å²) in [6, 6.07) is 7.82. The van der Waals surface area contributed by atoms with Gasteiger partial charge in [-0.2, -0.15) is 0 Å². The second-order valence-corrected chi connectivity index (χ2v) is 5.75. The van der Waals surface area contributed by atoms with Gasteiger partial charge in [0.2, 0.25) is 0 Å². The van der Waals surface area contributed by atoms with Gasteiger partial charge in [-0.3, -0.25) is 4.79 Å². The molecule has 0 bridgehead atoms. The molecule has 0 aromatic heterocycles. The largest absolute Gasteiger partial charge is 0.338 e. The molecule has 0 aliphatic carbocycles. The first-order valence-electron chi connectivity index (χ1n) is 5.71. The van der Waals surface area contributed by atoms with Crippen LogP contribution in [-0.2, 0) is 0 Å². The zero-order chi connectivity index (χ0) is 11.5. The maximum absolute atomic E-state index is 12.2. The molecule has 2 nitrogen and oxygen atoms in total. The van der Waals surface area contributed by atoms with Crippen LogP contribution in [0.15, 0.2) is 24.3 Å². The van der Waals surface area contributed by atoms with Gasteiger partial charge in [0, 0.05) is 22.2 Å². The number of carbonyl (C=O) groups is 1. The second kappa shape index (κ2) is 5.17. The first-order chi connectivity index (χ1) is 7.66. The van der Waals surface area contributed by atoms with Crippen LogP contribution in [0.5, 0.6) is 0 Å². The average molecular weight is 329 g/mol. The number of carbonyl (C=O) groups excluding carboxylic acids is 1. The number of likely N-dealkylation sites (tertiary alicyclic amines) is 1. The van der Waals surface area contributed by atoms with E-state index in [2.05, 4.69) is 29.5 Å². The van der Waals surface area contributed by atoms with Gasteiger partial charge in [-0.15, -0.1) is 0 Å². The Balaban J connectivity index is 2.12. The van der Waals surface area contributed by atoms with Crippen molar-refractivity contribution in [2.75, 3.05) is 13.1 Å².